The first-order valence-electron chi connectivity index (χ1n) is 11.9. The number of carbonyl (C=O) groups excluding carboxylic acids is 2. The van der Waals surface area contributed by atoms with Gasteiger partial charge in [-0.3, -0.25) is 20.1 Å². The molecule has 3 N–H and O–H groups in total. The van der Waals surface area contributed by atoms with Crippen LogP contribution in [0.1, 0.15) is 23.1 Å². The second kappa shape index (κ2) is 11.2. The molecule has 2 amide bonds. The molecule has 2 atom stereocenters. The topological polar surface area (TPSA) is 84.9 Å². The number of nitrogens with one attached hydrogen (secondary N) is 2. The lowest BCUT2D eigenvalue weighted by Gasteiger charge is -2.28. The van der Waals surface area contributed by atoms with E-state index in [9.17, 15) is 14.8 Å². The molecule has 3 aromatic carbocycles. The van der Waals surface area contributed by atoms with Crippen molar-refractivity contribution in [2.45, 2.75) is 37.9 Å². The number of nitrogens with zero attached hydrogens (tertiary/aromatic N) is 2. The Morgan fingerprint density at radius 3 is 2.37 bits per heavy atom. The molecule has 0 saturated heterocycles. The summed E-state index contributed by atoms with van der Waals surface area (Å²) in [7, 11) is 3.99. The fraction of sp³-hybridized carbons (Fsp3) is 0.286. The van der Waals surface area contributed by atoms with E-state index in [1.165, 1.54) is 0 Å². The number of carbonyl (C=O) groups is 2. The van der Waals surface area contributed by atoms with Crippen molar-refractivity contribution in [2.75, 3.05) is 23.9 Å². The van der Waals surface area contributed by atoms with Crippen LogP contribution in [0.2, 0.25) is 0 Å². The summed E-state index contributed by atoms with van der Waals surface area (Å²) in [5.41, 5.74) is 6.80. The van der Waals surface area contributed by atoms with Gasteiger partial charge in [-0.2, -0.15) is 0 Å². The highest BCUT2D eigenvalue weighted by atomic mass is 16.5. The molecule has 0 fully saturated rings. The van der Waals surface area contributed by atoms with Gasteiger partial charge in [-0.1, -0.05) is 60.7 Å². The first kappa shape index (κ1) is 24.4. The Balaban J connectivity index is 1.60. The van der Waals surface area contributed by atoms with Crippen LogP contribution in [0.5, 0.6) is 0 Å². The molecule has 0 aromatic heterocycles. The quantitative estimate of drug-likeness (QED) is 0.346. The Labute approximate surface area is 206 Å². The van der Waals surface area contributed by atoms with Gasteiger partial charge in [0.25, 0.3) is 5.91 Å². The summed E-state index contributed by atoms with van der Waals surface area (Å²) in [6.45, 7) is 0.428. The molecule has 1 unspecified atom stereocenters. The lowest BCUT2D eigenvalue weighted by Crippen LogP contribution is -2.54. The summed E-state index contributed by atoms with van der Waals surface area (Å²) in [5.74, 6) is -0.648. The smallest absolute Gasteiger partial charge is 0.260 e. The zero-order valence-corrected chi connectivity index (χ0v) is 20.1. The third-order valence-corrected chi connectivity index (χ3v) is 6.45. The number of anilines is 2. The van der Waals surface area contributed by atoms with E-state index in [0.29, 0.717) is 25.8 Å². The van der Waals surface area contributed by atoms with E-state index in [4.69, 9.17) is 0 Å². The predicted octanol–water partition coefficient (Wildman–Crippen LogP) is 3.31. The van der Waals surface area contributed by atoms with E-state index in [1.807, 2.05) is 91.8 Å². The number of amides is 2. The van der Waals surface area contributed by atoms with Crippen LogP contribution in [0.4, 0.5) is 11.4 Å². The summed E-state index contributed by atoms with van der Waals surface area (Å²) < 4.78 is 0. The fourth-order valence-electron chi connectivity index (χ4n) is 4.51. The van der Waals surface area contributed by atoms with Gasteiger partial charge in [0.2, 0.25) is 5.91 Å². The minimum Gasteiger partial charge on any atom is -0.378 e. The number of hydrogen-bond donors (Lipinski definition) is 3. The van der Waals surface area contributed by atoms with E-state index in [0.717, 1.165) is 28.1 Å². The average Bonchev–Trinajstić information content (AvgIpc) is 3.01. The van der Waals surface area contributed by atoms with Crippen molar-refractivity contribution in [2.24, 2.45) is 0 Å². The molecule has 1 aliphatic heterocycles. The molecule has 0 aliphatic carbocycles. The van der Waals surface area contributed by atoms with Crippen LogP contribution in [-0.4, -0.2) is 43.2 Å². The predicted molar refractivity (Wildman–Crippen MR) is 138 cm³/mol. The van der Waals surface area contributed by atoms with Crippen molar-refractivity contribution in [1.82, 2.24) is 10.8 Å². The Hall–Kier alpha value is -3.68. The standard InChI is InChI=1S/C28H32N4O3/c1-31(2)23-15-12-21(13-16-23)19-32-26-11-7-6-10-22(26)14-17-24(28(32)34)29-25(27(33)30-35)18-20-8-4-3-5-9-20/h3-13,15-16,24-25,29,35H,14,17-19H2,1-2H3,(H,30,33)/t24?,25-/m0/s1. The van der Waals surface area contributed by atoms with Crippen LogP contribution >= 0.6 is 0 Å². The Morgan fingerprint density at radius 2 is 1.69 bits per heavy atom. The molecule has 3 aromatic rings. The van der Waals surface area contributed by atoms with Crippen molar-refractivity contribution >= 4 is 23.2 Å². The van der Waals surface area contributed by atoms with Gasteiger partial charge in [-0.05, 0) is 54.2 Å². The summed E-state index contributed by atoms with van der Waals surface area (Å²) in [5, 5.41) is 12.6. The normalized spacial score (nSPS) is 16.3. The lowest BCUT2D eigenvalue weighted by molar-refractivity contribution is -0.132. The Morgan fingerprint density at radius 1 is 1.00 bits per heavy atom. The SMILES string of the molecule is CN(C)c1ccc(CN2C(=O)C(N[C@@H](Cc3ccccc3)C(=O)NO)CCc3ccccc32)cc1. The Kier molecular flexibility index (Phi) is 7.80. The summed E-state index contributed by atoms with van der Waals surface area (Å²) >= 11 is 0. The molecule has 0 bridgehead atoms. The number of aryl methyl sites for hydroxylation is 1. The maximum Gasteiger partial charge on any atom is 0.260 e. The van der Waals surface area contributed by atoms with Crippen LogP contribution in [0.15, 0.2) is 78.9 Å². The molecule has 4 rings (SSSR count). The van der Waals surface area contributed by atoms with Crippen molar-refractivity contribution in [3.05, 3.63) is 95.6 Å². The second-order valence-corrected chi connectivity index (χ2v) is 9.09. The number of fused-ring (bicyclic) bond motifs is 1. The Bertz CT molecular complexity index is 1150. The molecular weight excluding hydrogens is 440 g/mol. The minimum absolute atomic E-state index is 0.0876. The monoisotopic (exact) mass is 472 g/mol. The van der Waals surface area contributed by atoms with Crippen molar-refractivity contribution in [3.8, 4) is 0 Å². The van der Waals surface area contributed by atoms with Gasteiger partial charge in [0.15, 0.2) is 0 Å². The van der Waals surface area contributed by atoms with Gasteiger partial charge < -0.3 is 9.80 Å². The van der Waals surface area contributed by atoms with E-state index in [2.05, 4.69) is 11.4 Å². The molecule has 35 heavy (non-hydrogen) atoms. The first-order chi connectivity index (χ1) is 17.0. The molecular formula is C28H32N4O3. The van der Waals surface area contributed by atoms with Crippen LogP contribution in [0, 0.1) is 0 Å². The van der Waals surface area contributed by atoms with Crippen LogP contribution in [-0.2, 0) is 29.0 Å². The number of hydrogen-bond acceptors (Lipinski definition) is 5. The maximum absolute atomic E-state index is 13.8. The van der Waals surface area contributed by atoms with Crippen molar-refractivity contribution < 1.29 is 14.8 Å². The van der Waals surface area contributed by atoms with Gasteiger partial charge >= 0.3 is 0 Å². The molecule has 7 heteroatoms. The van der Waals surface area contributed by atoms with E-state index in [1.54, 1.807) is 10.4 Å². The number of hydroxylamine groups is 1. The minimum atomic E-state index is -0.751. The number of benzene rings is 3. The summed E-state index contributed by atoms with van der Waals surface area (Å²) in [6, 6.07) is 24.4. The third kappa shape index (κ3) is 5.88. The first-order valence-corrected chi connectivity index (χ1v) is 11.9. The lowest BCUT2D eigenvalue weighted by atomic mass is 10.0. The van der Waals surface area contributed by atoms with Gasteiger partial charge in [-0.15, -0.1) is 0 Å². The molecule has 0 saturated carbocycles. The number of rotatable bonds is 8. The molecule has 1 heterocycles. The summed E-state index contributed by atoms with van der Waals surface area (Å²) in [6.07, 6.45) is 1.61. The molecule has 0 spiro atoms. The van der Waals surface area contributed by atoms with Gasteiger partial charge in [0, 0.05) is 25.5 Å². The molecule has 0 radical (unpaired) electrons. The molecule has 182 valence electrons. The third-order valence-electron chi connectivity index (χ3n) is 6.45. The largest absolute Gasteiger partial charge is 0.378 e. The average molecular weight is 473 g/mol. The van der Waals surface area contributed by atoms with Crippen LogP contribution in [0.3, 0.4) is 0 Å². The molecule has 1 aliphatic rings. The van der Waals surface area contributed by atoms with Crippen molar-refractivity contribution in [3.63, 3.8) is 0 Å². The van der Waals surface area contributed by atoms with E-state index in [-0.39, 0.29) is 5.91 Å². The van der Waals surface area contributed by atoms with Gasteiger partial charge in [0.05, 0.1) is 18.6 Å². The molecule has 7 nitrogen and oxygen atoms in total. The van der Waals surface area contributed by atoms with Crippen LogP contribution < -0.4 is 20.6 Å². The van der Waals surface area contributed by atoms with E-state index < -0.39 is 18.0 Å². The number of para-hydroxylation sites is 1. The van der Waals surface area contributed by atoms with Gasteiger partial charge in [-0.25, -0.2) is 5.48 Å². The highest BCUT2D eigenvalue weighted by Crippen LogP contribution is 2.29. The maximum atomic E-state index is 13.8. The zero-order valence-electron chi connectivity index (χ0n) is 20.1. The van der Waals surface area contributed by atoms with Crippen LogP contribution in [0.25, 0.3) is 0 Å². The van der Waals surface area contributed by atoms with Crippen molar-refractivity contribution in [1.29, 1.82) is 0 Å². The fourth-order valence-corrected chi connectivity index (χ4v) is 4.51. The highest BCUT2D eigenvalue weighted by Gasteiger charge is 2.33. The van der Waals surface area contributed by atoms with E-state index >= 15 is 0 Å². The highest BCUT2D eigenvalue weighted by molar-refractivity contribution is 5.99. The zero-order chi connectivity index (χ0) is 24.8. The summed E-state index contributed by atoms with van der Waals surface area (Å²) in [4.78, 5) is 30.2. The second-order valence-electron chi connectivity index (χ2n) is 9.09. The van der Waals surface area contributed by atoms with Gasteiger partial charge in [0.1, 0.15) is 0 Å².